The van der Waals surface area contributed by atoms with Crippen molar-refractivity contribution in [2.75, 3.05) is 25.6 Å². The molecule has 1 heterocycles. The van der Waals surface area contributed by atoms with Crippen molar-refractivity contribution >= 4 is 63.3 Å². The molecular weight excluding hydrogens is 471 g/mol. The van der Waals surface area contributed by atoms with Crippen LogP contribution in [0.25, 0.3) is 0 Å². The van der Waals surface area contributed by atoms with E-state index in [1.807, 2.05) is 0 Å². The number of halogens is 4. The van der Waals surface area contributed by atoms with Gasteiger partial charge in [-0.2, -0.15) is 0 Å². The van der Waals surface area contributed by atoms with Gasteiger partial charge in [0.1, 0.15) is 16.9 Å². The summed E-state index contributed by atoms with van der Waals surface area (Å²) >= 11 is 13.1. The van der Waals surface area contributed by atoms with Crippen LogP contribution in [0.3, 0.4) is 0 Å². The zero-order valence-corrected chi connectivity index (χ0v) is 18.5. The molecule has 0 aromatic heterocycles. The van der Waals surface area contributed by atoms with Crippen molar-refractivity contribution in [2.45, 2.75) is 11.7 Å². The number of anilines is 1. The predicted molar refractivity (Wildman–Crippen MR) is 118 cm³/mol. The van der Waals surface area contributed by atoms with Gasteiger partial charge in [-0.15, -0.1) is 0 Å². The Balaban J connectivity index is 1.76. The normalized spacial score (nSPS) is 17.5. The van der Waals surface area contributed by atoms with E-state index >= 15 is 0 Å². The second-order valence-corrected chi connectivity index (χ2v) is 8.44. The topological polar surface area (TPSA) is 71.0 Å². The monoisotopic (exact) mass is 487 g/mol. The first kappa shape index (κ1) is 23.5. The van der Waals surface area contributed by atoms with E-state index in [1.165, 1.54) is 12.0 Å². The van der Waals surface area contributed by atoms with Gasteiger partial charge in [0.05, 0.1) is 34.6 Å². The summed E-state index contributed by atoms with van der Waals surface area (Å²) in [7, 11) is 1.51. The lowest BCUT2D eigenvalue weighted by atomic mass is 10.2. The van der Waals surface area contributed by atoms with E-state index < -0.39 is 22.8 Å². The molecule has 0 radical (unpaired) electrons. The highest BCUT2D eigenvalue weighted by Crippen LogP contribution is 2.33. The Morgan fingerprint density at radius 2 is 2.00 bits per heavy atom. The third kappa shape index (κ3) is 5.94. The van der Waals surface area contributed by atoms with Gasteiger partial charge in [-0.25, -0.2) is 13.8 Å². The van der Waals surface area contributed by atoms with Crippen molar-refractivity contribution in [3.63, 3.8) is 0 Å². The van der Waals surface area contributed by atoms with Crippen molar-refractivity contribution in [1.29, 1.82) is 0 Å². The van der Waals surface area contributed by atoms with Crippen LogP contribution in [-0.2, 0) is 14.3 Å². The largest absolute Gasteiger partial charge is 0.383 e. The number of hydrogen-bond donors (Lipinski definition) is 1. The van der Waals surface area contributed by atoms with E-state index in [4.69, 9.17) is 27.9 Å². The van der Waals surface area contributed by atoms with Gasteiger partial charge in [-0.05, 0) is 30.3 Å². The van der Waals surface area contributed by atoms with Crippen LogP contribution < -0.4 is 5.32 Å². The summed E-state index contributed by atoms with van der Waals surface area (Å²) in [5.41, 5.74) is 0.327. The Kier molecular flexibility index (Phi) is 7.88. The lowest BCUT2D eigenvalue weighted by Crippen LogP contribution is -2.35. The predicted octanol–water partition coefficient (Wildman–Crippen LogP) is 4.88. The molecule has 2 amide bonds. The van der Waals surface area contributed by atoms with Gasteiger partial charge < -0.3 is 10.1 Å². The molecule has 31 heavy (non-hydrogen) atoms. The molecule has 0 bridgehead atoms. The number of carbonyl (C=O) groups excluding carboxylic acids is 2. The van der Waals surface area contributed by atoms with E-state index in [1.54, 1.807) is 18.2 Å². The Morgan fingerprint density at radius 3 is 2.68 bits per heavy atom. The number of amidine groups is 1. The number of nitrogens with zero attached hydrogens (tertiary/aromatic N) is 2. The Hall–Kier alpha value is -2.20. The lowest BCUT2D eigenvalue weighted by Gasteiger charge is -2.15. The summed E-state index contributed by atoms with van der Waals surface area (Å²) in [5.74, 6) is -2.56. The highest BCUT2D eigenvalue weighted by molar-refractivity contribution is 8.15. The summed E-state index contributed by atoms with van der Waals surface area (Å²) in [6, 6.07) is 7.62. The Bertz CT molecular complexity index is 1040. The molecule has 0 saturated carbocycles. The molecule has 1 unspecified atom stereocenters. The van der Waals surface area contributed by atoms with Crippen LogP contribution >= 0.6 is 35.0 Å². The minimum absolute atomic E-state index is 0.164. The highest BCUT2D eigenvalue weighted by Gasteiger charge is 2.39. The summed E-state index contributed by atoms with van der Waals surface area (Å²) in [5, 5.41) is 2.67. The third-order valence-electron chi connectivity index (χ3n) is 4.24. The first-order valence-electron chi connectivity index (χ1n) is 9.04. The van der Waals surface area contributed by atoms with Crippen LogP contribution in [-0.4, -0.2) is 47.4 Å². The summed E-state index contributed by atoms with van der Waals surface area (Å²) in [6.45, 7) is 0.513. The zero-order valence-electron chi connectivity index (χ0n) is 16.2. The molecule has 11 heteroatoms. The maximum absolute atomic E-state index is 13.8. The van der Waals surface area contributed by atoms with E-state index in [0.717, 1.165) is 23.9 Å². The van der Waals surface area contributed by atoms with E-state index in [9.17, 15) is 18.4 Å². The molecule has 2 aromatic carbocycles. The van der Waals surface area contributed by atoms with Crippen LogP contribution in [0.1, 0.15) is 6.42 Å². The van der Waals surface area contributed by atoms with Crippen molar-refractivity contribution < 1.29 is 23.1 Å². The molecule has 1 saturated heterocycles. The average molecular weight is 488 g/mol. The van der Waals surface area contributed by atoms with Gasteiger partial charge in [-0.3, -0.25) is 14.5 Å². The molecule has 1 aliphatic rings. The van der Waals surface area contributed by atoms with E-state index in [2.05, 4.69) is 10.3 Å². The van der Waals surface area contributed by atoms with Crippen molar-refractivity contribution in [1.82, 2.24) is 4.90 Å². The molecule has 1 N–H and O–H groups in total. The molecular formula is C20H17Cl2F2N3O3S. The first-order chi connectivity index (χ1) is 14.8. The molecule has 1 aliphatic heterocycles. The van der Waals surface area contributed by atoms with Crippen LogP contribution in [0.15, 0.2) is 41.4 Å². The maximum atomic E-state index is 13.8. The quantitative estimate of drug-likeness (QED) is 0.604. The summed E-state index contributed by atoms with van der Waals surface area (Å²) in [6.07, 6.45) is -0.218. The average Bonchev–Trinajstić information content (AvgIpc) is 2.99. The number of benzene rings is 2. The van der Waals surface area contributed by atoms with Crippen LogP contribution in [0.5, 0.6) is 0 Å². The number of amides is 2. The number of rotatable bonds is 7. The summed E-state index contributed by atoms with van der Waals surface area (Å²) in [4.78, 5) is 31.1. The Morgan fingerprint density at radius 1 is 1.23 bits per heavy atom. The van der Waals surface area contributed by atoms with Crippen molar-refractivity contribution in [3.05, 3.63) is 58.1 Å². The second-order valence-electron chi connectivity index (χ2n) is 6.46. The summed E-state index contributed by atoms with van der Waals surface area (Å²) < 4.78 is 31.9. The minimum Gasteiger partial charge on any atom is -0.383 e. The van der Waals surface area contributed by atoms with Gasteiger partial charge in [0, 0.05) is 19.6 Å². The lowest BCUT2D eigenvalue weighted by molar-refractivity contribution is -0.128. The van der Waals surface area contributed by atoms with Crippen LogP contribution in [0.2, 0.25) is 10.0 Å². The van der Waals surface area contributed by atoms with E-state index in [-0.39, 0.29) is 31.2 Å². The number of methoxy groups -OCH3 is 1. The minimum atomic E-state index is -0.901. The first-order valence-corrected chi connectivity index (χ1v) is 10.7. The third-order valence-corrected chi connectivity index (χ3v) is 6.16. The number of nitrogens with one attached hydrogen (secondary N) is 1. The van der Waals surface area contributed by atoms with Crippen molar-refractivity contribution in [3.8, 4) is 0 Å². The number of aliphatic imine (C=N–C) groups is 1. The van der Waals surface area contributed by atoms with Gasteiger partial charge in [-0.1, -0.05) is 35.0 Å². The van der Waals surface area contributed by atoms with Crippen LogP contribution in [0.4, 0.5) is 20.2 Å². The Labute approximate surface area is 191 Å². The molecule has 0 spiro atoms. The number of thioether (sulfide) groups is 1. The van der Waals surface area contributed by atoms with Gasteiger partial charge in [0.15, 0.2) is 5.17 Å². The molecule has 3 rings (SSSR count). The fourth-order valence-corrected chi connectivity index (χ4v) is 4.22. The molecule has 0 aliphatic carbocycles. The van der Waals surface area contributed by atoms with Crippen molar-refractivity contribution in [2.24, 2.45) is 4.99 Å². The number of hydrogen-bond acceptors (Lipinski definition) is 5. The smallest absolute Gasteiger partial charge is 0.242 e. The molecule has 6 nitrogen and oxygen atoms in total. The molecule has 164 valence electrons. The second kappa shape index (κ2) is 10.4. The fourth-order valence-electron chi connectivity index (χ4n) is 2.74. The number of carbonyl (C=O) groups is 2. The maximum Gasteiger partial charge on any atom is 0.242 e. The zero-order chi connectivity index (χ0) is 22.5. The molecule has 2 aromatic rings. The number of ether oxygens (including phenoxy) is 1. The SMILES string of the molecule is COCCN1C(=O)C(CC(=O)Nc2ccc(F)cc2F)SC1=Nc1ccc(Cl)c(Cl)c1. The van der Waals surface area contributed by atoms with Crippen LogP contribution in [0, 0.1) is 11.6 Å². The van der Waals surface area contributed by atoms with Gasteiger partial charge in [0.25, 0.3) is 0 Å². The highest BCUT2D eigenvalue weighted by atomic mass is 35.5. The fraction of sp³-hybridized carbons (Fsp3) is 0.250. The molecule has 1 atom stereocenters. The van der Waals surface area contributed by atoms with Gasteiger partial charge >= 0.3 is 0 Å². The van der Waals surface area contributed by atoms with E-state index in [0.29, 0.717) is 27.0 Å². The molecule has 1 fully saturated rings. The standard InChI is InChI=1S/C20H17Cl2F2N3O3S/c1-30-7-6-27-19(29)17(10-18(28)26-16-5-2-11(23)8-15(16)24)31-20(27)25-12-3-4-13(21)14(22)9-12/h2-5,8-9,17H,6-7,10H2,1H3,(H,26,28). The van der Waals surface area contributed by atoms with Gasteiger partial charge in [0.2, 0.25) is 11.8 Å².